The lowest BCUT2D eigenvalue weighted by atomic mass is 9.93. The van der Waals surface area contributed by atoms with Crippen molar-refractivity contribution in [2.45, 2.75) is 90.7 Å². The molecule has 1 fully saturated rings. The van der Waals surface area contributed by atoms with Gasteiger partial charge < -0.3 is 19.5 Å². The van der Waals surface area contributed by atoms with E-state index in [1.807, 2.05) is 0 Å². The summed E-state index contributed by atoms with van der Waals surface area (Å²) < 4.78 is 48.9. The first kappa shape index (κ1) is 29.4. The molecule has 0 aliphatic carbocycles. The molecule has 2 aliphatic heterocycles. The highest BCUT2D eigenvalue weighted by molar-refractivity contribution is 5.93. The number of hydrogen-bond acceptors (Lipinski definition) is 6. The molecule has 10 heteroatoms. The minimum absolute atomic E-state index is 0.0298. The molecule has 3 aromatic heterocycles. The summed E-state index contributed by atoms with van der Waals surface area (Å²) in [5.74, 6) is 1.20. The second-order valence-electron chi connectivity index (χ2n) is 12.4. The Hall–Kier alpha value is -3.66. The van der Waals surface area contributed by atoms with Crippen LogP contribution in [0.4, 0.5) is 24.7 Å². The van der Waals surface area contributed by atoms with Gasteiger partial charge in [0, 0.05) is 73.3 Å². The van der Waals surface area contributed by atoms with Gasteiger partial charge in [0.2, 0.25) is 0 Å². The maximum atomic E-state index is 14.4. The summed E-state index contributed by atoms with van der Waals surface area (Å²) in [5, 5.41) is 0.360. The molecule has 1 saturated heterocycles. The van der Waals surface area contributed by atoms with Gasteiger partial charge in [0.1, 0.15) is 11.5 Å². The second-order valence-corrected chi connectivity index (χ2v) is 12.4. The van der Waals surface area contributed by atoms with E-state index in [0.717, 1.165) is 30.3 Å². The first-order chi connectivity index (χ1) is 20.5. The molecule has 0 bridgehead atoms. The zero-order valence-electron chi connectivity index (χ0n) is 25.6. The second kappa shape index (κ2) is 11.1. The van der Waals surface area contributed by atoms with Crippen LogP contribution >= 0.6 is 0 Å². The molecule has 0 spiro atoms. The molecule has 1 N–H and O–H groups in total. The van der Waals surface area contributed by atoms with Gasteiger partial charge in [-0.1, -0.05) is 26.0 Å². The number of benzene rings is 1. The predicted molar refractivity (Wildman–Crippen MR) is 164 cm³/mol. The molecular weight excluding hydrogens is 553 g/mol. The first-order valence-electron chi connectivity index (χ1n) is 15.1. The molecular formula is C33H39F3N6O. The maximum Gasteiger partial charge on any atom is 0.418 e. The van der Waals surface area contributed by atoms with Gasteiger partial charge >= 0.3 is 6.18 Å². The van der Waals surface area contributed by atoms with Crippen LogP contribution in [-0.2, 0) is 23.9 Å². The van der Waals surface area contributed by atoms with Crippen molar-refractivity contribution in [1.82, 2.24) is 19.9 Å². The molecule has 228 valence electrons. The SMILES string of the molecule is CO[C@H]1C[C@@H](C)N(c2nc(-c3c(C(F)(F)F)cnc4[nH]ccc34)nc3c2CN(c2cc(C(C)C)ccc2C)CC3)[C@@H](C)C1. The van der Waals surface area contributed by atoms with Gasteiger partial charge in [-0.05, 0) is 62.8 Å². The third-order valence-corrected chi connectivity index (χ3v) is 9.13. The predicted octanol–water partition coefficient (Wildman–Crippen LogP) is 7.43. The lowest BCUT2D eigenvalue weighted by Gasteiger charge is -2.45. The van der Waals surface area contributed by atoms with E-state index in [2.05, 4.69) is 72.6 Å². The summed E-state index contributed by atoms with van der Waals surface area (Å²) in [6, 6.07) is 8.40. The molecule has 0 unspecified atom stereocenters. The average molecular weight is 593 g/mol. The summed E-state index contributed by atoms with van der Waals surface area (Å²) >= 11 is 0. The van der Waals surface area contributed by atoms with Gasteiger partial charge in [-0.3, -0.25) is 0 Å². The van der Waals surface area contributed by atoms with Crippen LogP contribution in [0, 0.1) is 6.92 Å². The van der Waals surface area contributed by atoms with Crippen molar-refractivity contribution in [3.63, 3.8) is 0 Å². The highest BCUT2D eigenvalue weighted by Crippen LogP contribution is 2.42. The van der Waals surface area contributed by atoms with Gasteiger partial charge in [0.15, 0.2) is 5.82 Å². The number of piperidine rings is 1. The average Bonchev–Trinajstić information content (AvgIpc) is 3.44. The zero-order valence-corrected chi connectivity index (χ0v) is 25.6. The van der Waals surface area contributed by atoms with Gasteiger partial charge in [0.05, 0.1) is 17.4 Å². The summed E-state index contributed by atoms with van der Waals surface area (Å²) in [7, 11) is 1.74. The topological polar surface area (TPSA) is 70.2 Å². The van der Waals surface area contributed by atoms with Gasteiger partial charge in [-0.15, -0.1) is 0 Å². The normalized spacial score (nSPS) is 21.1. The summed E-state index contributed by atoms with van der Waals surface area (Å²) in [6.07, 6.45) is 0.208. The van der Waals surface area contributed by atoms with Crippen LogP contribution in [0.2, 0.25) is 0 Å². The summed E-state index contributed by atoms with van der Waals surface area (Å²) in [5.41, 5.74) is 4.93. The van der Waals surface area contributed by atoms with Crippen molar-refractivity contribution in [2.75, 3.05) is 23.5 Å². The fourth-order valence-corrected chi connectivity index (χ4v) is 6.85. The fraction of sp³-hybridized carbons (Fsp3) is 0.485. The number of nitrogens with zero attached hydrogens (tertiary/aromatic N) is 5. The molecule has 0 amide bonds. The van der Waals surface area contributed by atoms with Crippen molar-refractivity contribution in [1.29, 1.82) is 0 Å². The van der Waals surface area contributed by atoms with Crippen molar-refractivity contribution in [3.8, 4) is 11.4 Å². The van der Waals surface area contributed by atoms with Crippen LogP contribution in [0.1, 0.15) is 74.4 Å². The number of halogens is 3. The number of pyridine rings is 1. The molecule has 0 saturated carbocycles. The standard InChI is InChI=1S/C33H39F3N6O/c1-18(2)22-8-7-19(3)28(15-22)41-12-10-27-25(17-41)32(42-20(4)13-23(43-6)14-21(42)5)40-31(39-27)29-24-9-11-37-30(24)38-16-26(29)33(34,35)36/h7-9,11,15-16,18,20-21,23H,10,12-14,17H2,1-6H3,(H,37,38)/t20-,21+,23+. The van der Waals surface area contributed by atoms with E-state index in [9.17, 15) is 13.2 Å². The Balaban J connectivity index is 1.54. The first-order valence-corrected chi connectivity index (χ1v) is 15.1. The molecule has 0 radical (unpaired) electrons. The van der Waals surface area contributed by atoms with Crippen molar-refractivity contribution >= 4 is 22.5 Å². The Morgan fingerprint density at radius 2 is 1.81 bits per heavy atom. The largest absolute Gasteiger partial charge is 0.418 e. The zero-order chi connectivity index (χ0) is 30.6. The lowest BCUT2D eigenvalue weighted by molar-refractivity contribution is -0.137. The Labute approximate surface area is 250 Å². The van der Waals surface area contributed by atoms with Crippen LogP contribution in [0.15, 0.2) is 36.7 Å². The number of ether oxygens (including phenoxy) is 1. The number of methoxy groups -OCH3 is 1. The molecule has 6 rings (SSSR count). The van der Waals surface area contributed by atoms with E-state index in [1.54, 1.807) is 19.4 Å². The van der Waals surface area contributed by atoms with Crippen molar-refractivity contribution in [3.05, 3.63) is 64.6 Å². The summed E-state index contributed by atoms with van der Waals surface area (Å²) in [6.45, 7) is 12.1. The third kappa shape index (κ3) is 5.34. The molecule has 7 nitrogen and oxygen atoms in total. The van der Waals surface area contributed by atoms with E-state index in [0.29, 0.717) is 42.3 Å². The van der Waals surface area contributed by atoms with Crippen LogP contribution in [-0.4, -0.2) is 51.8 Å². The number of fused-ring (bicyclic) bond motifs is 2. The number of aromatic nitrogens is 4. The maximum absolute atomic E-state index is 14.4. The van der Waals surface area contributed by atoms with E-state index < -0.39 is 11.7 Å². The fourth-order valence-electron chi connectivity index (χ4n) is 6.85. The van der Waals surface area contributed by atoms with Crippen LogP contribution in [0.5, 0.6) is 0 Å². The highest BCUT2D eigenvalue weighted by Gasteiger charge is 2.39. The van der Waals surface area contributed by atoms with Crippen LogP contribution in [0.3, 0.4) is 0 Å². The number of aryl methyl sites for hydroxylation is 1. The number of anilines is 2. The van der Waals surface area contributed by atoms with Gasteiger partial charge in [-0.25, -0.2) is 15.0 Å². The Morgan fingerprint density at radius 1 is 1.07 bits per heavy atom. The number of aromatic amines is 1. The van der Waals surface area contributed by atoms with E-state index in [-0.39, 0.29) is 29.6 Å². The molecule has 4 aromatic rings. The van der Waals surface area contributed by atoms with E-state index >= 15 is 0 Å². The number of alkyl halides is 3. The minimum atomic E-state index is -4.61. The molecule has 43 heavy (non-hydrogen) atoms. The number of nitrogens with one attached hydrogen (secondary N) is 1. The molecule has 2 aliphatic rings. The van der Waals surface area contributed by atoms with Crippen LogP contribution in [0.25, 0.3) is 22.4 Å². The van der Waals surface area contributed by atoms with Gasteiger partial charge in [-0.2, -0.15) is 13.2 Å². The van der Waals surface area contributed by atoms with Crippen molar-refractivity contribution in [2.24, 2.45) is 0 Å². The lowest BCUT2D eigenvalue weighted by Crippen LogP contribution is -2.50. The Kier molecular flexibility index (Phi) is 7.61. The quantitative estimate of drug-likeness (QED) is 0.260. The third-order valence-electron chi connectivity index (χ3n) is 9.13. The molecule has 5 heterocycles. The number of hydrogen-bond donors (Lipinski definition) is 1. The minimum Gasteiger partial charge on any atom is -0.381 e. The number of rotatable bonds is 5. The molecule has 1 aromatic carbocycles. The highest BCUT2D eigenvalue weighted by atomic mass is 19.4. The van der Waals surface area contributed by atoms with E-state index in [1.165, 1.54) is 16.8 Å². The monoisotopic (exact) mass is 592 g/mol. The van der Waals surface area contributed by atoms with Crippen molar-refractivity contribution < 1.29 is 17.9 Å². The smallest absolute Gasteiger partial charge is 0.381 e. The number of H-pyrrole nitrogens is 1. The molecule has 3 atom stereocenters. The van der Waals surface area contributed by atoms with Gasteiger partial charge in [0.25, 0.3) is 0 Å². The van der Waals surface area contributed by atoms with E-state index in [4.69, 9.17) is 14.7 Å². The van der Waals surface area contributed by atoms with Crippen LogP contribution < -0.4 is 9.80 Å². The Morgan fingerprint density at radius 3 is 2.49 bits per heavy atom. The Bertz CT molecular complexity index is 1640. The summed E-state index contributed by atoms with van der Waals surface area (Å²) in [4.78, 5) is 21.6.